The number of carbonyl (C=O) groups is 4. The summed E-state index contributed by atoms with van der Waals surface area (Å²) in [7, 11) is 3.10. The third-order valence-corrected chi connectivity index (χ3v) is 6.73. The number of ether oxygens (including phenoxy) is 3. The summed E-state index contributed by atoms with van der Waals surface area (Å²) < 4.78 is 15.7. The van der Waals surface area contributed by atoms with Crippen molar-refractivity contribution in [1.82, 2.24) is 4.90 Å². The molecule has 1 N–H and O–H groups in total. The topological polar surface area (TPSA) is 114 Å². The smallest absolute Gasteiger partial charge is 0.338 e. The zero-order chi connectivity index (χ0) is 29.5. The molecule has 41 heavy (non-hydrogen) atoms. The molecule has 0 aromatic heterocycles. The highest BCUT2D eigenvalue weighted by Gasteiger charge is 2.46. The third kappa shape index (κ3) is 6.66. The number of esters is 1. The summed E-state index contributed by atoms with van der Waals surface area (Å²) in [6.07, 6.45) is 0.187. The van der Waals surface area contributed by atoms with Crippen LogP contribution >= 0.6 is 0 Å². The molecule has 0 aliphatic carbocycles. The molecule has 0 bridgehead atoms. The summed E-state index contributed by atoms with van der Waals surface area (Å²) in [6.45, 7) is 4.06. The van der Waals surface area contributed by atoms with E-state index in [2.05, 4.69) is 5.32 Å². The van der Waals surface area contributed by atoms with Crippen LogP contribution in [0.4, 0.5) is 16.2 Å². The molecule has 4 rings (SSSR count). The Kier molecular flexibility index (Phi) is 9.23. The second kappa shape index (κ2) is 13.0. The molecule has 3 aromatic carbocycles. The lowest BCUT2D eigenvalue weighted by molar-refractivity contribution is -0.124. The van der Waals surface area contributed by atoms with Gasteiger partial charge in [0.05, 0.1) is 38.5 Å². The van der Waals surface area contributed by atoms with Crippen molar-refractivity contribution in [2.45, 2.75) is 32.7 Å². The number of nitrogens with one attached hydrogen (secondary N) is 1. The normalized spacial score (nSPS) is 14.7. The van der Waals surface area contributed by atoms with Crippen molar-refractivity contribution in [3.8, 4) is 11.5 Å². The van der Waals surface area contributed by atoms with Crippen molar-refractivity contribution in [3.63, 3.8) is 0 Å². The molecule has 0 saturated carbocycles. The summed E-state index contributed by atoms with van der Waals surface area (Å²) in [5.74, 6) is -0.232. The van der Waals surface area contributed by atoms with E-state index in [1.165, 1.54) is 4.90 Å². The minimum atomic E-state index is -0.998. The van der Waals surface area contributed by atoms with E-state index < -0.39 is 29.9 Å². The summed E-state index contributed by atoms with van der Waals surface area (Å²) >= 11 is 0. The van der Waals surface area contributed by atoms with Gasteiger partial charge in [0.1, 0.15) is 6.04 Å². The largest absolute Gasteiger partial charge is 0.493 e. The van der Waals surface area contributed by atoms with Gasteiger partial charge < -0.3 is 24.4 Å². The Hall–Kier alpha value is -4.86. The molecule has 1 aliphatic heterocycles. The zero-order valence-electron chi connectivity index (χ0n) is 23.5. The van der Waals surface area contributed by atoms with Crippen molar-refractivity contribution in [2.24, 2.45) is 0 Å². The average molecular weight is 560 g/mol. The minimum absolute atomic E-state index is 0.203. The Bertz CT molecular complexity index is 1440. The van der Waals surface area contributed by atoms with Gasteiger partial charge in [0.2, 0.25) is 5.91 Å². The van der Waals surface area contributed by atoms with Crippen LogP contribution in [0.1, 0.15) is 34.8 Å². The number of rotatable bonds is 11. The van der Waals surface area contributed by atoms with Gasteiger partial charge in [0.25, 0.3) is 5.91 Å². The van der Waals surface area contributed by atoms with Crippen LogP contribution in [0.3, 0.4) is 0 Å². The molecule has 0 unspecified atom stereocenters. The molecule has 214 valence electrons. The number of benzene rings is 3. The molecule has 1 saturated heterocycles. The van der Waals surface area contributed by atoms with Gasteiger partial charge in [-0.2, -0.15) is 0 Å². The van der Waals surface area contributed by atoms with Gasteiger partial charge in [-0.15, -0.1) is 0 Å². The summed E-state index contributed by atoms with van der Waals surface area (Å²) in [6, 6.07) is 17.4. The molecule has 0 spiro atoms. The number of aryl methyl sites for hydroxylation is 1. The molecule has 1 heterocycles. The Morgan fingerprint density at radius 2 is 1.66 bits per heavy atom. The highest BCUT2D eigenvalue weighted by molar-refractivity contribution is 6.22. The zero-order valence-corrected chi connectivity index (χ0v) is 23.5. The average Bonchev–Trinajstić information content (AvgIpc) is 3.19. The van der Waals surface area contributed by atoms with Crippen LogP contribution in [0.25, 0.3) is 0 Å². The van der Waals surface area contributed by atoms with Gasteiger partial charge in [-0.25, -0.2) is 14.5 Å². The Labute approximate surface area is 238 Å². The fraction of sp³-hybridized carbons (Fsp3) is 0.290. The summed E-state index contributed by atoms with van der Waals surface area (Å²) in [5, 5.41) is 2.76. The molecule has 4 amide bonds. The van der Waals surface area contributed by atoms with Gasteiger partial charge >= 0.3 is 12.0 Å². The van der Waals surface area contributed by atoms with E-state index in [-0.39, 0.29) is 19.6 Å². The molecular weight excluding hydrogens is 526 g/mol. The van der Waals surface area contributed by atoms with Crippen molar-refractivity contribution in [3.05, 3.63) is 83.4 Å². The van der Waals surface area contributed by atoms with Crippen LogP contribution in [0.15, 0.2) is 66.7 Å². The first-order chi connectivity index (χ1) is 19.7. The van der Waals surface area contributed by atoms with Crippen LogP contribution in [0.5, 0.6) is 11.5 Å². The predicted molar refractivity (Wildman–Crippen MR) is 153 cm³/mol. The fourth-order valence-electron chi connectivity index (χ4n) is 4.67. The molecule has 1 aliphatic rings. The maximum Gasteiger partial charge on any atom is 0.338 e. The van der Waals surface area contributed by atoms with Crippen LogP contribution in [-0.2, 0) is 20.7 Å². The fourth-order valence-corrected chi connectivity index (χ4v) is 4.67. The van der Waals surface area contributed by atoms with E-state index in [4.69, 9.17) is 14.2 Å². The van der Waals surface area contributed by atoms with Crippen molar-refractivity contribution in [2.75, 3.05) is 37.6 Å². The number of methoxy groups -OCH3 is 2. The van der Waals surface area contributed by atoms with Crippen LogP contribution in [0.2, 0.25) is 0 Å². The second-order valence-electron chi connectivity index (χ2n) is 9.49. The number of anilines is 2. The van der Waals surface area contributed by atoms with Gasteiger partial charge in [0, 0.05) is 12.2 Å². The molecular formula is C31H33N3O7. The standard InChI is InChI=1S/C31H33N3O7/c1-5-41-30(37)22-10-12-23(13-11-22)32-28(35)19-25-29(36)34(24-8-6-7-20(2)17-24)31(38)33(25)16-15-21-9-14-26(39-3)27(18-21)40-4/h6-14,17-18,25H,5,15-16,19H2,1-4H3,(H,32,35)/t25-/m0/s1. The van der Waals surface area contributed by atoms with Crippen molar-refractivity contribution >= 4 is 35.2 Å². The molecule has 10 heteroatoms. The highest BCUT2D eigenvalue weighted by Crippen LogP contribution is 2.30. The SMILES string of the molecule is CCOC(=O)c1ccc(NC(=O)C[C@H]2C(=O)N(c3cccc(C)c3)C(=O)N2CCc2ccc(OC)c(OC)c2)cc1. The van der Waals surface area contributed by atoms with Crippen molar-refractivity contribution < 1.29 is 33.4 Å². The van der Waals surface area contributed by atoms with Crippen LogP contribution in [-0.4, -0.2) is 62.1 Å². The Morgan fingerprint density at radius 3 is 2.32 bits per heavy atom. The summed E-state index contributed by atoms with van der Waals surface area (Å²) in [5.41, 5.74) is 3.03. The first-order valence-corrected chi connectivity index (χ1v) is 13.2. The first-order valence-electron chi connectivity index (χ1n) is 13.2. The number of hydrogen-bond acceptors (Lipinski definition) is 7. The second-order valence-corrected chi connectivity index (χ2v) is 9.49. The maximum absolute atomic E-state index is 13.6. The van der Waals surface area contributed by atoms with E-state index >= 15 is 0 Å². The maximum atomic E-state index is 13.6. The van der Waals surface area contributed by atoms with Gasteiger partial charge in [-0.05, 0) is 79.9 Å². The Balaban J connectivity index is 1.53. The summed E-state index contributed by atoms with van der Waals surface area (Å²) in [4.78, 5) is 54.7. The van der Waals surface area contributed by atoms with E-state index in [9.17, 15) is 19.2 Å². The third-order valence-electron chi connectivity index (χ3n) is 6.73. The number of urea groups is 1. The molecule has 10 nitrogen and oxygen atoms in total. The number of amides is 4. The van der Waals surface area contributed by atoms with Crippen molar-refractivity contribution in [1.29, 1.82) is 0 Å². The van der Waals surface area contributed by atoms with Gasteiger partial charge in [-0.1, -0.05) is 18.2 Å². The molecule has 1 atom stereocenters. The quantitative estimate of drug-likeness (QED) is 0.270. The Morgan fingerprint density at radius 1 is 0.927 bits per heavy atom. The predicted octanol–water partition coefficient (Wildman–Crippen LogP) is 4.60. The molecule has 1 fully saturated rings. The van der Waals surface area contributed by atoms with Gasteiger partial charge in [0.15, 0.2) is 11.5 Å². The lowest BCUT2D eigenvalue weighted by Crippen LogP contribution is -2.39. The number of hydrogen-bond donors (Lipinski definition) is 1. The highest BCUT2D eigenvalue weighted by atomic mass is 16.5. The lowest BCUT2D eigenvalue weighted by atomic mass is 10.1. The molecule has 0 radical (unpaired) electrons. The van der Waals surface area contributed by atoms with Crippen LogP contribution in [0, 0.1) is 6.92 Å². The molecule has 3 aromatic rings. The van der Waals surface area contributed by atoms with E-state index in [0.717, 1.165) is 16.0 Å². The van der Waals surface area contributed by atoms with Gasteiger partial charge in [-0.3, -0.25) is 9.59 Å². The lowest BCUT2D eigenvalue weighted by Gasteiger charge is -2.22. The van der Waals surface area contributed by atoms with E-state index in [1.54, 1.807) is 69.7 Å². The van der Waals surface area contributed by atoms with Crippen LogP contribution < -0.4 is 19.7 Å². The monoisotopic (exact) mass is 559 g/mol. The number of imide groups is 1. The number of nitrogens with zero attached hydrogens (tertiary/aromatic N) is 2. The minimum Gasteiger partial charge on any atom is -0.493 e. The van der Waals surface area contributed by atoms with E-state index in [1.807, 2.05) is 25.1 Å². The first kappa shape index (κ1) is 29.1. The number of carbonyl (C=O) groups excluding carboxylic acids is 4. The van der Waals surface area contributed by atoms with E-state index in [0.29, 0.717) is 34.9 Å².